The van der Waals surface area contributed by atoms with Gasteiger partial charge >= 0.3 is 0 Å². The molecule has 2 fully saturated rings. The lowest BCUT2D eigenvalue weighted by atomic mass is 9.69. The van der Waals surface area contributed by atoms with Crippen LogP contribution in [0.3, 0.4) is 0 Å². The smallest absolute Gasteiger partial charge is 0.243 e. The molecule has 0 bridgehead atoms. The lowest BCUT2D eigenvalue weighted by Gasteiger charge is -2.40. The maximum Gasteiger partial charge on any atom is 0.243 e. The summed E-state index contributed by atoms with van der Waals surface area (Å²) < 4.78 is 28.2. The predicted octanol–water partition coefficient (Wildman–Crippen LogP) is 3.17. The normalized spacial score (nSPS) is 31.2. The van der Waals surface area contributed by atoms with Crippen molar-refractivity contribution < 1.29 is 13.5 Å². The van der Waals surface area contributed by atoms with Crippen LogP contribution in [0.15, 0.2) is 17.0 Å². The van der Waals surface area contributed by atoms with Crippen molar-refractivity contribution in [3.8, 4) is 0 Å². The molecule has 1 saturated carbocycles. The van der Waals surface area contributed by atoms with E-state index < -0.39 is 15.6 Å². The maximum atomic E-state index is 13.3. The molecule has 5 heteroatoms. The van der Waals surface area contributed by atoms with Crippen LogP contribution in [0.25, 0.3) is 0 Å². The predicted molar refractivity (Wildman–Crippen MR) is 95.5 cm³/mol. The van der Waals surface area contributed by atoms with Crippen molar-refractivity contribution in [1.82, 2.24) is 4.31 Å². The SMILES string of the molecule is CC[C@@]1(O)CCC[C@@H]2CN(S(=O)(=O)c3c(C)cc(C)cc3C)C[C@@H]21. The van der Waals surface area contributed by atoms with Crippen LogP contribution >= 0.6 is 0 Å². The lowest BCUT2D eigenvalue weighted by Crippen LogP contribution is -2.44. The van der Waals surface area contributed by atoms with E-state index >= 15 is 0 Å². The first-order valence-electron chi connectivity index (χ1n) is 8.99. The van der Waals surface area contributed by atoms with Crippen molar-refractivity contribution in [3.05, 3.63) is 28.8 Å². The van der Waals surface area contributed by atoms with Crippen molar-refractivity contribution in [1.29, 1.82) is 0 Å². The molecule has 1 saturated heterocycles. The number of benzene rings is 1. The minimum absolute atomic E-state index is 0.0667. The molecule has 1 heterocycles. The number of sulfonamides is 1. The Labute approximate surface area is 145 Å². The largest absolute Gasteiger partial charge is 0.390 e. The molecule has 1 aromatic rings. The van der Waals surface area contributed by atoms with Gasteiger partial charge in [0.05, 0.1) is 10.5 Å². The zero-order valence-electron chi connectivity index (χ0n) is 15.2. The van der Waals surface area contributed by atoms with E-state index in [2.05, 4.69) is 0 Å². The average Bonchev–Trinajstić information content (AvgIpc) is 2.92. The number of hydrogen-bond donors (Lipinski definition) is 1. The lowest BCUT2D eigenvalue weighted by molar-refractivity contribution is -0.0605. The van der Waals surface area contributed by atoms with Gasteiger partial charge in [-0.05, 0) is 57.1 Å². The van der Waals surface area contributed by atoms with E-state index in [4.69, 9.17) is 0 Å². The molecule has 1 aliphatic carbocycles. The summed E-state index contributed by atoms with van der Waals surface area (Å²) in [4.78, 5) is 0.451. The summed E-state index contributed by atoms with van der Waals surface area (Å²) in [6.45, 7) is 8.74. The van der Waals surface area contributed by atoms with Crippen molar-refractivity contribution >= 4 is 10.0 Å². The summed E-state index contributed by atoms with van der Waals surface area (Å²) in [6.07, 6.45) is 3.50. The number of aliphatic hydroxyl groups is 1. The van der Waals surface area contributed by atoms with E-state index in [0.29, 0.717) is 24.4 Å². The third-order valence-corrected chi connectivity index (χ3v) is 8.23. The van der Waals surface area contributed by atoms with Gasteiger partial charge in [-0.1, -0.05) is 31.0 Å². The fourth-order valence-electron chi connectivity index (χ4n) is 4.93. The van der Waals surface area contributed by atoms with Gasteiger partial charge in [-0.15, -0.1) is 0 Å². The Morgan fingerprint density at radius 2 is 1.83 bits per heavy atom. The van der Waals surface area contributed by atoms with Gasteiger partial charge in [0.25, 0.3) is 0 Å². The zero-order valence-corrected chi connectivity index (χ0v) is 16.0. The van der Waals surface area contributed by atoms with E-state index in [1.54, 1.807) is 4.31 Å². The molecular weight excluding hydrogens is 322 g/mol. The van der Waals surface area contributed by atoms with Crippen molar-refractivity contribution in [2.24, 2.45) is 11.8 Å². The monoisotopic (exact) mass is 351 g/mol. The molecule has 2 aliphatic rings. The van der Waals surface area contributed by atoms with Crippen LogP contribution < -0.4 is 0 Å². The number of aryl methyl sites for hydroxylation is 3. The summed E-state index contributed by atoms with van der Waals surface area (Å²) in [5, 5.41) is 10.9. The molecule has 0 radical (unpaired) electrons. The van der Waals surface area contributed by atoms with Crippen LogP contribution in [0.1, 0.15) is 49.3 Å². The Morgan fingerprint density at radius 3 is 2.42 bits per heavy atom. The molecule has 0 spiro atoms. The van der Waals surface area contributed by atoms with Gasteiger partial charge in [0.2, 0.25) is 10.0 Å². The van der Waals surface area contributed by atoms with Crippen LogP contribution in [0, 0.1) is 32.6 Å². The number of nitrogens with zero attached hydrogens (tertiary/aromatic N) is 1. The van der Waals surface area contributed by atoms with Crippen molar-refractivity contribution in [2.75, 3.05) is 13.1 Å². The molecule has 1 N–H and O–H groups in total. The topological polar surface area (TPSA) is 57.6 Å². The van der Waals surface area contributed by atoms with Crippen LogP contribution in [-0.4, -0.2) is 36.5 Å². The molecule has 134 valence electrons. The Balaban J connectivity index is 1.96. The molecule has 3 atom stereocenters. The van der Waals surface area contributed by atoms with Crippen molar-refractivity contribution in [3.63, 3.8) is 0 Å². The maximum absolute atomic E-state index is 13.3. The Hall–Kier alpha value is -0.910. The van der Waals surface area contributed by atoms with E-state index in [-0.39, 0.29) is 11.8 Å². The number of fused-ring (bicyclic) bond motifs is 1. The fourth-order valence-corrected chi connectivity index (χ4v) is 6.86. The summed E-state index contributed by atoms with van der Waals surface area (Å²) in [6, 6.07) is 3.87. The highest BCUT2D eigenvalue weighted by atomic mass is 32.2. The first-order chi connectivity index (χ1) is 11.2. The second-order valence-corrected chi connectivity index (χ2v) is 9.64. The van der Waals surface area contributed by atoms with Gasteiger partial charge in [-0.2, -0.15) is 4.31 Å². The zero-order chi connectivity index (χ0) is 17.7. The summed E-state index contributed by atoms with van der Waals surface area (Å²) in [5.74, 6) is 0.349. The van der Waals surface area contributed by atoms with Crippen LogP contribution in [0.5, 0.6) is 0 Å². The Kier molecular flexibility index (Phi) is 4.56. The number of hydrogen-bond acceptors (Lipinski definition) is 3. The molecule has 1 aromatic carbocycles. The van der Waals surface area contributed by atoms with E-state index in [9.17, 15) is 13.5 Å². The molecule has 0 aromatic heterocycles. The van der Waals surface area contributed by atoms with E-state index in [1.165, 1.54) is 0 Å². The average molecular weight is 352 g/mol. The van der Waals surface area contributed by atoms with E-state index in [0.717, 1.165) is 36.0 Å². The molecule has 3 rings (SSSR count). The van der Waals surface area contributed by atoms with E-state index in [1.807, 2.05) is 39.8 Å². The molecular formula is C19H29NO3S. The number of rotatable bonds is 3. The molecule has 4 nitrogen and oxygen atoms in total. The Morgan fingerprint density at radius 1 is 1.21 bits per heavy atom. The summed E-state index contributed by atoms with van der Waals surface area (Å²) in [5.41, 5.74) is 2.01. The third kappa shape index (κ3) is 2.80. The first-order valence-corrected chi connectivity index (χ1v) is 10.4. The van der Waals surface area contributed by atoms with Gasteiger partial charge in [0.15, 0.2) is 0 Å². The quantitative estimate of drug-likeness (QED) is 0.910. The molecule has 0 unspecified atom stereocenters. The second kappa shape index (κ2) is 6.11. The summed E-state index contributed by atoms with van der Waals surface area (Å²) >= 11 is 0. The minimum atomic E-state index is -3.51. The second-order valence-electron chi connectivity index (χ2n) is 7.77. The highest BCUT2D eigenvalue weighted by Gasteiger charge is 2.50. The molecule has 24 heavy (non-hydrogen) atoms. The highest BCUT2D eigenvalue weighted by molar-refractivity contribution is 7.89. The minimum Gasteiger partial charge on any atom is -0.390 e. The third-order valence-electron chi connectivity index (χ3n) is 6.10. The summed E-state index contributed by atoms with van der Waals surface area (Å²) in [7, 11) is -3.51. The molecule has 1 aliphatic heterocycles. The van der Waals surface area contributed by atoms with Gasteiger partial charge in [-0.25, -0.2) is 8.42 Å². The molecule has 0 amide bonds. The van der Waals surface area contributed by atoms with Gasteiger partial charge < -0.3 is 5.11 Å². The van der Waals surface area contributed by atoms with Gasteiger partial charge in [0, 0.05) is 19.0 Å². The van der Waals surface area contributed by atoms with Gasteiger partial charge in [-0.3, -0.25) is 0 Å². The van der Waals surface area contributed by atoms with Crippen LogP contribution in [-0.2, 0) is 10.0 Å². The van der Waals surface area contributed by atoms with Crippen LogP contribution in [0.2, 0.25) is 0 Å². The fraction of sp³-hybridized carbons (Fsp3) is 0.684. The van der Waals surface area contributed by atoms with Gasteiger partial charge in [0.1, 0.15) is 0 Å². The Bertz CT molecular complexity index is 720. The first kappa shape index (κ1) is 17.9. The standard InChI is InChI=1S/C19H29NO3S/c1-5-19(21)8-6-7-16-11-20(12-17(16)19)24(22,23)18-14(3)9-13(2)10-15(18)4/h9-10,16-17,21H,5-8,11-12H2,1-4H3/t16-,17+,19-/m1/s1. The van der Waals surface area contributed by atoms with Crippen molar-refractivity contribution in [2.45, 2.75) is 63.9 Å². The highest BCUT2D eigenvalue weighted by Crippen LogP contribution is 2.45. The van der Waals surface area contributed by atoms with Crippen LogP contribution in [0.4, 0.5) is 0 Å².